The second kappa shape index (κ2) is 11.7. The SMILES string of the molecule is COc1ccc2c(c1OCc1ccccc1)C[C@@H](C(=O)O)N(C(=O)[C@H](OC1CCOC1)c1ccccc1)C2. The van der Waals surface area contributed by atoms with Crippen molar-refractivity contribution in [3.05, 3.63) is 95.1 Å². The van der Waals surface area contributed by atoms with E-state index >= 15 is 0 Å². The zero-order chi connectivity index (χ0) is 26.5. The highest BCUT2D eigenvalue weighted by molar-refractivity contribution is 5.88. The lowest BCUT2D eigenvalue weighted by molar-refractivity contribution is -0.160. The van der Waals surface area contributed by atoms with E-state index in [2.05, 4.69) is 0 Å². The Bertz CT molecular complexity index is 1260. The van der Waals surface area contributed by atoms with Gasteiger partial charge in [0, 0.05) is 25.1 Å². The van der Waals surface area contributed by atoms with Crippen molar-refractivity contribution in [2.75, 3.05) is 20.3 Å². The first-order valence-electron chi connectivity index (χ1n) is 12.7. The van der Waals surface area contributed by atoms with Gasteiger partial charge >= 0.3 is 5.97 Å². The van der Waals surface area contributed by atoms with E-state index in [1.54, 1.807) is 13.2 Å². The molecule has 1 fully saturated rings. The summed E-state index contributed by atoms with van der Waals surface area (Å²) in [5, 5.41) is 10.2. The van der Waals surface area contributed by atoms with Gasteiger partial charge in [0.15, 0.2) is 17.6 Å². The summed E-state index contributed by atoms with van der Waals surface area (Å²) in [7, 11) is 1.55. The van der Waals surface area contributed by atoms with Gasteiger partial charge in [-0.05, 0) is 29.2 Å². The Balaban J connectivity index is 1.46. The maximum absolute atomic E-state index is 14.0. The molecule has 0 aromatic heterocycles. The Morgan fingerprint density at radius 1 is 1.05 bits per heavy atom. The molecule has 2 heterocycles. The molecule has 2 aliphatic heterocycles. The highest BCUT2D eigenvalue weighted by Gasteiger charge is 2.41. The molecular weight excluding hydrogens is 486 g/mol. The Hall–Kier alpha value is -3.88. The molecule has 3 aromatic carbocycles. The highest BCUT2D eigenvalue weighted by Crippen LogP contribution is 2.40. The molecular formula is C30H31NO7. The van der Waals surface area contributed by atoms with Gasteiger partial charge in [0.2, 0.25) is 0 Å². The van der Waals surface area contributed by atoms with E-state index < -0.39 is 18.1 Å². The molecule has 0 radical (unpaired) electrons. The van der Waals surface area contributed by atoms with Crippen molar-refractivity contribution in [1.82, 2.24) is 4.90 Å². The molecule has 5 rings (SSSR count). The standard InChI is InChI=1S/C30H31NO7/c1-35-26-13-12-22-17-31(29(32)27(21-10-6-3-7-11-21)38-23-14-15-36-19-23)25(30(33)34)16-24(22)28(26)37-18-20-8-4-2-5-9-20/h2-13,23,25,27H,14-19H2,1H3,(H,33,34)/t23?,25-,27+/m0/s1. The van der Waals surface area contributed by atoms with Gasteiger partial charge in [-0.3, -0.25) is 4.79 Å². The summed E-state index contributed by atoms with van der Waals surface area (Å²) in [6.45, 7) is 1.40. The molecule has 8 nitrogen and oxygen atoms in total. The molecule has 0 aliphatic carbocycles. The fourth-order valence-corrected chi connectivity index (χ4v) is 4.99. The topological polar surface area (TPSA) is 94.5 Å². The van der Waals surface area contributed by atoms with Crippen molar-refractivity contribution in [3.8, 4) is 11.5 Å². The Morgan fingerprint density at radius 3 is 2.45 bits per heavy atom. The van der Waals surface area contributed by atoms with Crippen molar-refractivity contribution >= 4 is 11.9 Å². The van der Waals surface area contributed by atoms with Gasteiger partial charge in [-0.1, -0.05) is 66.7 Å². The van der Waals surface area contributed by atoms with Crippen LogP contribution in [0.25, 0.3) is 0 Å². The second-order valence-electron chi connectivity index (χ2n) is 9.45. The quantitative estimate of drug-likeness (QED) is 0.456. The number of hydrogen-bond acceptors (Lipinski definition) is 6. The molecule has 3 atom stereocenters. The summed E-state index contributed by atoms with van der Waals surface area (Å²) in [6, 6.07) is 21.5. The lowest BCUT2D eigenvalue weighted by atomic mass is 9.91. The van der Waals surface area contributed by atoms with E-state index in [9.17, 15) is 14.7 Å². The summed E-state index contributed by atoms with van der Waals surface area (Å²) in [6.07, 6.45) is -0.389. The van der Waals surface area contributed by atoms with Crippen molar-refractivity contribution in [3.63, 3.8) is 0 Å². The molecule has 0 spiro atoms. The second-order valence-corrected chi connectivity index (χ2v) is 9.45. The zero-order valence-corrected chi connectivity index (χ0v) is 21.2. The van der Waals surface area contributed by atoms with Crippen molar-refractivity contribution in [2.24, 2.45) is 0 Å². The Labute approximate surface area is 221 Å². The number of rotatable bonds is 9. The van der Waals surface area contributed by atoms with E-state index in [1.165, 1.54) is 4.90 Å². The normalized spacial score (nSPS) is 19.4. The molecule has 1 N–H and O–H groups in total. The molecule has 0 saturated carbocycles. The number of methoxy groups -OCH3 is 1. The van der Waals surface area contributed by atoms with Crippen LogP contribution in [-0.4, -0.2) is 54.4 Å². The first kappa shape index (κ1) is 25.8. The van der Waals surface area contributed by atoms with Crippen LogP contribution in [-0.2, 0) is 38.6 Å². The first-order valence-corrected chi connectivity index (χ1v) is 12.7. The van der Waals surface area contributed by atoms with Crippen LogP contribution in [0.3, 0.4) is 0 Å². The van der Waals surface area contributed by atoms with Crippen LogP contribution in [0.5, 0.6) is 11.5 Å². The molecule has 8 heteroatoms. The van der Waals surface area contributed by atoms with E-state index in [1.807, 2.05) is 66.7 Å². The number of benzene rings is 3. The molecule has 1 unspecified atom stereocenters. The molecule has 3 aromatic rings. The van der Waals surface area contributed by atoms with E-state index in [4.69, 9.17) is 18.9 Å². The number of carbonyl (C=O) groups excluding carboxylic acids is 1. The molecule has 38 heavy (non-hydrogen) atoms. The van der Waals surface area contributed by atoms with Crippen molar-refractivity contribution < 1.29 is 33.6 Å². The van der Waals surface area contributed by atoms with Crippen LogP contribution in [0.1, 0.15) is 34.8 Å². The van der Waals surface area contributed by atoms with Crippen LogP contribution in [0.2, 0.25) is 0 Å². The average molecular weight is 518 g/mol. The monoisotopic (exact) mass is 517 g/mol. The van der Waals surface area contributed by atoms with Gasteiger partial charge in [-0.25, -0.2) is 4.79 Å². The number of amides is 1. The molecule has 0 bridgehead atoms. The lowest BCUT2D eigenvalue weighted by Gasteiger charge is -2.37. The number of carboxylic acid groups (broad SMARTS) is 1. The number of ether oxygens (including phenoxy) is 4. The number of hydrogen-bond donors (Lipinski definition) is 1. The van der Waals surface area contributed by atoms with Gasteiger partial charge in [0.25, 0.3) is 5.91 Å². The van der Waals surface area contributed by atoms with Crippen LogP contribution < -0.4 is 9.47 Å². The molecule has 198 valence electrons. The predicted molar refractivity (Wildman–Crippen MR) is 139 cm³/mol. The summed E-state index contributed by atoms with van der Waals surface area (Å²) in [4.78, 5) is 27.9. The maximum Gasteiger partial charge on any atom is 0.326 e. The van der Waals surface area contributed by atoms with E-state index in [0.29, 0.717) is 43.3 Å². The van der Waals surface area contributed by atoms with Crippen LogP contribution in [0, 0.1) is 0 Å². The van der Waals surface area contributed by atoms with Gasteiger partial charge < -0.3 is 29.0 Å². The van der Waals surface area contributed by atoms with E-state index in [-0.39, 0.29) is 25.0 Å². The Morgan fingerprint density at radius 2 is 1.79 bits per heavy atom. The third-order valence-corrected chi connectivity index (χ3v) is 6.99. The van der Waals surface area contributed by atoms with Crippen molar-refractivity contribution in [2.45, 2.75) is 44.2 Å². The van der Waals surface area contributed by atoms with E-state index in [0.717, 1.165) is 16.7 Å². The summed E-state index contributed by atoms with van der Waals surface area (Å²) in [5.74, 6) is -0.443. The minimum absolute atomic E-state index is 0.0891. The third-order valence-electron chi connectivity index (χ3n) is 6.99. The molecule has 2 aliphatic rings. The number of nitrogens with zero attached hydrogens (tertiary/aromatic N) is 1. The number of carboxylic acids is 1. The first-order chi connectivity index (χ1) is 18.5. The fourth-order valence-electron chi connectivity index (χ4n) is 4.99. The average Bonchev–Trinajstić information content (AvgIpc) is 3.48. The van der Waals surface area contributed by atoms with Gasteiger partial charge in [-0.2, -0.15) is 0 Å². The number of carbonyl (C=O) groups is 2. The largest absolute Gasteiger partial charge is 0.493 e. The molecule has 1 saturated heterocycles. The lowest BCUT2D eigenvalue weighted by Crippen LogP contribution is -2.51. The minimum Gasteiger partial charge on any atom is -0.493 e. The van der Waals surface area contributed by atoms with Crippen molar-refractivity contribution in [1.29, 1.82) is 0 Å². The summed E-state index contributed by atoms with van der Waals surface area (Å²) in [5.41, 5.74) is 3.21. The third kappa shape index (κ3) is 5.51. The van der Waals surface area contributed by atoms with Gasteiger partial charge in [-0.15, -0.1) is 0 Å². The predicted octanol–water partition coefficient (Wildman–Crippen LogP) is 4.16. The van der Waals surface area contributed by atoms with Crippen LogP contribution in [0.15, 0.2) is 72.8 Å². The summed E-state index contributed by atoms with van der Waals surface area (Å²) < 4.78 is 23.4. The highest BCUT2D eigenvalue weighted by atomic mass is 16.6. The Kier molecular flexibility index (Phi) is 7.91. The van der Waals surface area contributed by atoms with Gasteiger partial charge in [0.1, 0.15) is 12.6 Å². The zero-order valence-electron chi connectivity index (χ0n) is 21.2. The number of fused-ring (bicyclic) bond motifs is 1. The van der Waals surface area contributed by atoms with Gasteiger partial charge in [0.05, 0.1) is 19.8 Å². The maximum atomic E-state index is 14.0. The van der Waals surface area contributed by atoms with Crippen LogP contribution >= 0.6 is 0 Å². The smallest absolute Gasteiger partial charge is 0.326 e. The van der Waals surface area contributed by atoms with Crippen LogP contribution in [0.4, 0.5) is 0 Å². The fraction of sp³-hybridized carbons (Fsp3) is 0.333. The minimum atomic E-state index is -1.09. The molecule has 1 amide bonds. The summed E-state index contributed by atoms with van der Waals surface area (Å²) >= 11 is 0. The number of aliphatic carboxylic acids is 1.